The summed E-state index contributed by atoms with van der Waals surface area (Å²) in [6, 6.07) is 1.15. The molecule has 1 heterocycles. The first-order valence-corrected chi connectivity index (χ1v) is 3.35. The zero-order chi connectivity index (χ0) is 9.19. The Kier molecular flexibility index (Phi) is 2.42. The van der Waals surface area contributed by atoms with Crippen molar-refractivity contribution < 1.29 is 17.6 Å². The summed E-state index contributed by atoms with van der Waals surface area (Å²) in [6.07, 6.45) is -3.35. The van der Waals surface area contributed by atoms with Crippen LogP contribution in [0.4, 0.5) is 13.2 Å². The fraction of sp³-hybridized carbons (Fsp3) is 0.429. The standard InChI is InChI=1S/C7H8F3NO/c8-7(9,10)6(11)4-5-2-1-3-12-5/h1-3,6H,4,11H2. The highest BCUT2D eigenvalue weighted by Gasteiger charge is 2.36. The number of furan rings is 1. The first-order chi connectivity index (χ1) is 5.50. The molecule has 1 aromatic rings. The molecule has 0 saturated heterocycles. The monoisotopic (exact) mass is 179 g/mol. The first-order valence-electron chi connectivity index (χ1n) is 3.35. The van der Waals surface area contributed by atoms with Gasteiger partial charge in [-0.25, -0.2) is 0 Å². The van der Waals surface area contributed by atoms with E-state index in [1.165, 1.54) is 18.4 Å². The molecular formula is C7H8F3NO. The van der Waals surface area contributed by atoms with E-state index in [4.69, 9.17) is 10.2 Å². The summed E-state index contributed by atoms with van der Waals surface area (Å²) in [5.41, 5.74) is 4.86. The van der Waals surface area contributed by atoms with Crippen molar-refractivity contribution in [3.8, 4) is 0 Å². The Morgan fingerprint density at radius 1 is 1.50 bits per heavy atom. The van der Waals surface area contributed by atoms with Gasteiger partial charge in [-0.05, 0) is 12.1 Å². The number of hydrogen-bond donors (Lipinski definition) is 1. The highest BCUT2D eigenvalue weighted by atomic mass is 19.4. The molecule has 0 bridgehead atoms. The lowest BCUT2D eigenvalue weighted by Gasteiger charge is -2.13. The Morgan fingerprint density at radius 3 is 2.58 bits per heavy atom. The van der Waals surface area contributed by atoms with E-state index < -0.39 is 12.2 Å². The number of rotatable bonds is 2. The number of halogens is 3. The second kappa shape index (κ2) is 3.18. The lowest BCUT2D eigenvalue weighted by atomic mass is 10.2. The van der Waals surface area contributed by atoms with E-state index in [2.05, 4.69) is 0 Å². The van der Waals surface area contributed by atoms with Gasteiger partial charge in [-0.2, -0.15) is 13.2 Å². The number of nitrogens with two attached hydrogens (primary N) is 1. The van der Waals surface area contributed by atoms with Crippen LogP contribution in [0.2, 0.25) is 0 Å². The summed E-state index contributed by atoms with van der Waals surface area (Å²) in [7, 11) is 0. The Hall–Kier alpha value is -0.970. The van der Waals surface area contributed by atoms with Crippen LogP contribution in [0.5, 0.6) is 0 Å². The van der Waals surface area contributed by atoms with Gasteiger partial charge < -0.3 is 10.2 Å². The molecule has 0 saturated carbocycles. The lowest BCUT2D eigenvalue weighted by molar-refractivity contribution is -0.147. The van der Waals surface area contributed by atoms with Gasteiger partial charge in [-0.1, -0.05) is 0 Å². The molecule has 5 heteroatoms. The first kappa shape index (κ1) is 9.12. The molecule has 12 heavy (non-hydrogen) atoms. The van der Waals surface area contributed by atoms with Crippen LogP contribution < -0.4 is 5.73 Å². The zero-order valence-corrected chi connectivity index (χ0v) is 6.14. The van der Waals surface area contributed by atoms with Crippen molar-refractivity contribution in [2.24, 2.45) is 5.73 Å². The van der Waals surface area contributed by atoms with E-state index in [0.717, 1.165) is 0 Å². The van der Waals surface area contributed by atoms with Crippen LogP contribution in [0, 0.1) is 0 Å². The molecule has 68 valence electrons. The van der Waals surface area contributed by atoms with E-state index >= 15 is 0 Å². The minimum Gasteiger partial charge on any atom is -0.469 e. The fourth-order valence-corrected chi connectivity index (χ4v) is 0.761. The van der Waals surface area contributed by atoms with Crippen LogP contribution in [-0.4, -0.2) is 12.2 Å². The van der Waals surface area contributed by atoms with Crippen molar-refractivity contribution in [3.63, 3.8) is 0 Å². The van der Waals surface area contributed by atoms with E-state index in [1.807, 2.05) is 0 Å². The Labute approximate surface area is 67.2 Å². The smallest absolute Gasteiger partial charge is 0.404 e. The summed E-state index contributed by atoms with van der Waals surface area (Å²) in [5, 5.41) is 0. The Balaban J connectivity index is 2.53. The highest BCUT2D eigenvalue weighted by molar-refractivity contribution is 5.01. The van der Waals surface area contributed by atoms with Crippen molar-refractivity contribution in [2.75, 3.05) is 0 Å². The van der Waals surface area contributed by atoms with E-state index in [0.29, 0.717) is 0 Å². The molecule has 1 unspecified atom stereocenters. The molecular weight excluding hydrogens is 171 g/mol. The van der Waals surface area contributed by atoms with Gasteiger partial charge in [-0.15, -0.1) is 0 Å². The Bertz CT molecular complexity index is 229. The average Bonchev–Trinajstić information content (AvgIpc) is 2.37. The fourth-order valence-electron chi connectivity index (χ4n) is 0.761. The maximum Gasteiger partial charge on any atom is 0.404 e. The topological polar surface area (TPSA) is 39.2 Å². The minimum absolute atomic E-state index is 0.250. The van der Waals surface area contributed by atoms with Crippen LogP contribution >= 0.6 is 0 Å². The summed E-state index contributed by atoms with van der Waals surface area (Å²) in [6.45, 7) is 0. The van der Waals surface area contributed by atoms with Gasteiger partial charge >= 0.3 is 6.18 Å². The molecule has 0 radical (unpaired) electrons. The van der Waals surface area contributed by atoms with Gasteiger partial charge in [0, 0.05) is 6.42 Å². The third kappa shape index (κ3) is 2.27. The summed E-state index contributed by atoms with van der Waals surface area (Å²) in [4.78, 5) is 0. The molecule has 2 N–H and O–H groups in total. The number of hydrogen-bond acceptors (Lipinski definition) is 2. The van der Waals surface area contributed by atoms with Crippen LogP contribution in [0.1, 0.15) is 5.76 Å². The summed E-state index contributed by atoms with van der Waals surface area (Å²) < 4.78 is 40.3. The predicted octanol–water partition coefficient (Wildman–Crippen LogP) is 1.71. The molecule has 0 aliphatic rings. The van der Waals surface area contributed by atoms with Gasteiger partial charge in [0.25, 0.3) is 0 Å². The Morgan fingerprint density at radius 2 is 2.17 bits per heavy atom. The highest BCUT2D eigenvalue weighted by Crippen LogP contribution is 2.21. The second-order valence-electron chi connectivity index (χ2n) is 2.43. The van der Waals surface area contributed by atoms with Crippen LogP contribution in [0.15, 0.2) is 22.8 Å². The molecule has 2 nitrogen and oxygen atoms in total. The molecule has 1 atom stereocenters. The summed E-state index contributed by atoms with van der Waals surface area (Å²) in [5.74, 6) is 0.250. The van der Waals surface area contributed by atoms with Gasteiger partial charge in [0.15, 0.2) is 0 Å². The quantitative estimate of drug-likeness (QED) is 0.750. The van der Waals surface area contributed by atoms with Crippen molar-refractivity contribution >= 4 is 0 Å². The minimum atomic E-state index is -4.35. The van der Waals surface area contributed by atoms with Crippen molar-refractivity contribution in [3.05, 3.63) is 24.2 Å². The third-order valence-corrected chi connectivity index (χ3v) is 1.42. The SMILES string of the molecule is NC(Cc1ccco1)C(F)(F)F. The molecule has 0 fully saturated rings. The van der Waals surface area contributed by atoms with Crippen LogP contribution in [-0.2, 0) is 6.42 Å². The maximum atomic E-state index is 11.9. The molecule has 0 amide bonds. The molecule has 0 aliphatic heterocycles. The molecule has 0 spiro atoms. The van der Waals surface area contributed by atoms with Gasteiger partial charge in [0.05, 0.1) is 6.26 Å². The average molecular weight is 179 g/mol. The largest absolute Gasteiger partial charge is 0.469 e. The van der Waals surface area contributed by atoms with E-state index in [-0.39, 0.29) is 12.2 Å². The predicted molar refractivity (Wildman–Crippen MR) is 36.4 cm³/mol. The number of alkyl halides is 3. The van der Waals surface area contributed by atoms with Gasteiger partial charge in [0.1, 0.15) is 11.8 Å². The third-order valence-electron chi connectivity index (χ3n) is 1.42. The zero-order valence-electron chi connectivity index (χ0n) is 6.14. The molecule has 1 rings (SSSR count). The van der Waals surface area contributed by atoms with E-state index in [1.54, 1.807) is 0 Å². The van der Waals surface area contributed by atoms with Gasteiger partial charge in [-0.3, -0.25) is 0 Å². The summed E-state index contributed by atoms with van der Waals surface area (Å²) >= 11 is 0. The molecule has 0 aliphatic carbocycles. The van der Waals surface area contributed by atoms with Crippen molar-refractivity contribution in [2.45, 2.75) is 18.6 Å². The molecule has 0 aromatic carbocycles. The normalized spacial score (nSPS) is 14.7. The van der Waals surface area contributed by atoms with Crippen molar-refractivity contribution in [1.82, 2.24) is 0 Å². The second-order valence-corrected chi connectivity index (χ2v) is 2.43. The van der Waals surface area contributed by atoms with Crippen LogP contribution in [0.3, 0.4) is 0 Å². The lowest BCUT2D eigenvalue weighted by Crippen LogP contribution is -2.38. The van der Waals surface area contributed by atoms with E-state index in [9.17, 15) is 13.2 Å². The van der Waals surface area contributed by atoms with Gasteiger partial charge in [0.2, 0.25) is 0 Å². The molecule has 1 aromatic heterocycles. The van der Waals surface area contributed by atoms with Crippen molar-refractivity contribution in [1.29, 1.82) is 0 Å². The van der Waals surface area contributed by atoms with Crippen LogP contribution in [0.25, 0.3) is 0 Å². The maximum absolute atomic E-state index is 11.9.